The predicted octanol–water partition coefficient (Wildman–Crippen LogP) is 3.77. The third-order valence-corrected chi connectivity index (χ3v) is 5.92. The molecule has 0 aliphatic carbocycles. The fourth-order valence-corrected chi connectivity index (χ4v) is 4.17. The Labute approximate surface area is 168 Å². The minimum absolute atomic E-state index is 0.160. The quantitative estimate of drug-likeness (QED) is 0.664. The van der Waals surface area contributed by atoms with Crippen molar-refractivity contribution in [1.29, 1.82) is 0 Å². The Bertz CT molecular complexity index is 958. The number of nitrogens with zero attached hydrogens (tertiary/aromatic N) is 6. The van der Waals surface area contributed by atoms with Crippen LogP contribution in [0.3, 0.4) is 0 Å². The van der Waals surface area contributed by atoms with Crippen molar-refractivity contribution >= 4 is 40.3 Å². The van der Waals surface area contributed by atoms with E-state index < -0.39 is 0 Å². The fraction of sp³-hybridized carbons (Fsp3) is 0.474. The lowest BCUT2D eigenvalue weighted by Crippen LogP contribution is -2.34. The van der Waals surface area contributed by atoms with Gasteiger partial charge < -0.3 is 4.90 Å². The highest BCUT2D eigenvalue weighted by Gasteiger charge is 2.26. The maximum absolute atomic E-state index is 6.34. The molecule has 0 radical (unpaired) electrons. The van der Waals surface area contributed by atoms with E-state index in [2.05, 4.69) is 36.0 Å². The summed E-state index contributed by atoms with van der Waals surface area (Å²) >= 11 is 8.32. The molecule has 27 heavy (non-hydrogen) atoms. The minimum atomic E-state index is -0.160. The largest absolute Gasteiger partial charge is 0.353 e. The first kappa shape index (κ1) is 18.5. The monoisotopic (exact) mass is 402 g/mol. The summed E-state index contributed by atoms with van der Waals surface area (Å²) in [6, 6.07) is 7.80. The van der Waals surface area contributed by atoms with E-state index in [4.69, 9.17) is 21.6 Å². The van der Waals surface area contributed by atoms with Crippen LogP contribution >= 0.6 is 23.4 Å². The lowest BCUT2D eigenvalue weighted by atomic mass is 9.96. The topological polar surface area (TPSA) is 59.7 Å². The lowest BCUT2D eigenvalue weighted by Gasteiger charge is -2.28. The Morgan fingerprint density at radius 2 is 1.85 bits per heavy atom. The van der Waals surface area contributed by atoms with Crippen molar-refractivity contribution in [3.05, 3.63) is 40.7 Å². The SMILES string of the molecule is CC(C)(C)c1nc(N2CCSCC2)c2nnn(Cc3ccccc3Cl)c2n1. The standard InChI is InChI=1S/C19H23ClN6S/c1-19(2,3)18-21-16(25-8-10-27-11-9-25)15-17(22-18)26(24-23-15)12-13-6-4-5-7-14(13)20/h4-7H,8-12H2,1-3H3. The van der Waals surface area contributed by atoms with Crippen LogP contribution in [0.4, 0.5) is 5.82 Å². The molecule has 0 bridgehead atoms. The average Bonchev–Trinajstić information content (AvgIpc) is 3.06. The Morgan fingerprint density at radius 3 is 2.56 bits per heavy atom. The summed E-state index contributed by atoms with van der Waals surface area (Å²) in [6.07, 6.45) is 0. The molecule has 0 saturated carbocycles. The molecule has 0 atom stereocenters. The molecule has 0 N–H and O–H groups in total. The van der Waals surface area contributed by atoms with Gasteiger partial charge in [0.2, 0.25) is 0 Å². The van der Waals surface area contributed by atoms with Gasteiger partial charge in [-0.15, -0.1) is 5.10 Å². The van der Waals surface area contributed by atoms with Gasteiger partial charge in [-0.25, -0.2) is 14.6 Å². The van der Waals surface area contributed by atoms with Gasteiger partial charge in [0.05, 0.1) is 6.54 Å². The van der Waals surface area contributed by atoms with Crippen molar-refractivity contribution < 1.29 is 0 Å². The molecule has 0 spiro atoms. The molecule has 1 aromatic carbocycles. The number of halogens is 1. The molecule has 8 heteroatoms. The summed E-state index contributed by atoms with van der Waals surface area (Å²) < 4.78 is 1.83. The molecule has 1 saturated heterocycles. The zero-order chi connectivity index (χ0) is 19.0. The number of fused-ring (bicyclic) bond motifs is 1. The lowest BCUT2D eigenvalue weighted by molar-refractivity contribution is 0.544. The summed E-state index contributed by atoms with van der Waals surface area (Å²) in [5, 5.41) is 9.55. The molecule has 4 rings (SSSR count). The molecule has 3 heterocycles. The molecule has 6 nitrogen and oxygen atoms in total. The van der Waals surface area contributed by atoms with Crippen LogP contribution in [0, 0.1) is 0 Å². The number of hydrogen-bond donors (Lipinski definition) is 0. The zero-order valence-electron chi connectivity index (χ0n) is 15.8. The van der Waals surface area contributed by atoms with Gasteiger partial charge in [-0.3, -0.25) is 0 Å². The Morgan fingerprint density at radius 1 is 1.11 bits per heavy atom. The van der Waals surface area contributed by atoms with E-state index in [-0.39, 0.29) is 5.41 Å². The van der Waals surface area contributed by atoms with Crippen molar-refractivity contribution in [2.75, 3.05) is 29.5 Å². The first-order valence-corrected chi connectivity index (χ1v) is 10.6. The number of thioether (sulfide) groups is 1. The van der Waals surface area contributed by atoms with Crippen LogP contribution in [0.25, 0.3) is 11.2 Å². The Hall–Kier alpha value is -1.86. The number of aromatic nitrogens is 5. The number of benzene rings is 1. The first-order chi connectivity index (χ1) is 12.9. The maximum Gasteiger partial charge on any atom is 0.184 e. The smallest absolute Gasteiger partial charge is 0.184 e. The molecule has 3 aromatic rings. The zero-order valence-corrected chi connectivity index (χ0v) is 17.4. The van der Waals surface area contributed by atoms with E-state index in [1.165, 1.54) is 0 Å². The van der Waals surface area contributed by atoms with Crippen molar-refractivity contribution in [2.24, 2.45) is 0 Å². The summed E-state index contributed by atoms with van der Waals surface area (Å²) in [5.41, 5.74) is 2.37. The minimum Gasteiger partial charge on any atom is -0.353 e. The van der Waals surface area contributed by atoms with Gasteiger partial charge in [0.1, 0.15) is 5.82 Å². The van der Waals surface area contributed by atoms with Crippen molar-refractivity contribution in [3.63, 3.8) is 0 Å². The second-order valence-electron chi connectivity index (χ2n) is 7.73. The highest BCUT2D eigenvalue weighted by molar-refractivity contribution is 7.99. The maximum atomic E-state index is 6.34. The number of anilines is 1. The van der Waals surface area contributed by atoms with Crippen molar-refractivity contribution in [1.82, 2.24) is 25.0 Å². The summed E-state index contributed by atoms with van der Waals surface area (Å²) in [4.78, 5) is 12.0. The second kappa shape index (κ2) is 7.28. The molecular formula is C19H23ClN6S. The van der Waals surface area contributed by atoms with Crippen LogP contribution < -0.4 is 4.90 Å². The van der Waals surface area contributed by atoms with Gasteiger partial charge in [-0.05, 0) is 11.6 Å². The van der Waals surface area contributed by atoms with Crippen LogP contribution in [-0.4, -0.2) is 49.6 Å². The molecule has 0 amide bonds. The predicted molar refractivity (Wildman–Crippen MR) is 112 cm³/mol. The normalized spacial score (nSPS) is 15.5. The van der Waals surface area contributed by atoms with Crippen LogP contribution in [0.5, 0.6) is 0 Å². The summed E-state index contributed by atoms with van der Waals surface area (Å²) in [5.74, 6) is 3.91. The highest BCUT2D eigenvalue weighted by atomic mass is 35.5. The second-order valence-corrected chi connectivity index (χ2v) is 9.36. The van der Waals surface area contributed by atoms with E-state index >= 15 is 0 Å². The average molecular weight is 403 g/mol. The van der Waals surface area contributed by atoms with E-state index in [0.29, 0.717) is 6.54 Å². The van der Waals surface area contributed by atoms with Gasteiger partial charge >= 0.3 is 0 Å². The first-order valence-electron chi connectivity index (χ1n) is 9.11. The molecule has 2 aromatic heterocycles. The Balaban J connectivity index is 1.83. The highest BCUT2D eigenvalue weighted by Crippen LogP contribution is 2.29. The van der Waals surface area contributed by atoms with E-state index in [9.17, 15) is 0 Å². The molecule has 1 aliphatic rings. The third-order valence-electron chi connectivity index (χ3n) is 4.60. The fourth-order valence-electron chi connectivity index (χ4n) is 3.07. The molecule has 1 fully saturated rings. The summed E-state index contributed by atoms with van der Waals surface area (Å²) in [6.45, 7) is 8.87. The van der Waals surface area contributed by atoms with Gasteiger partial charge in [-0.1, -0.05) is 55.8 Å². The van der Waals surface area contributed by atoms with Crippen LogP contribution in [0.15, 0.2) is 24.3 Å². The van der Waals surface area contributed by atoms with Crippen LogP contribution in [0.2, 0.25) is 5.02 Å². The number of rotatable bonds is 3. The van der Waals surface area contributed by atoms with E-state index in [0.717, 1.165) is 58.0 Å². The Kier molecular flexibility index (Phi) is 4.99. The summed E-state index contributed by atoms with van der Waals surface area (Å²) in [7, 11) is 0. The molecule has 1 aliphatic heterocycles. The van der Waals surface area contributed by atoms with Crippen molar-refractivity contribution in [3.8, 4) is 0 Å². The van der Waals surface area contributed by atoms with E-state index in [1.807, 2.05) is 40.7 Å². The van der Waals surface area contributed by atoms with Gasteiger partial charge in [0.25, 0.3) is 0 Å². The van der Waals surface area contributed by atoms with Crippen molar-refractivity contribution in [2.45, 2.75) is 32.7 Å². The van der Waals surface area contributed by atoms with Gasteiger partial charge in [0.15, 0.2) is 17.0 Å². The molecule has 0 unspecified atom stereocenters. The van der Waals surface area contributed by atoms with E-state index in [1.54, 1.807) is 0 Å². The van der Waals surface area contributed by atoms with Crippen LogP contribution in [0.1, 0.15) is 32.2 Å². The van der Waals surface area contributed by atoms with Crippen LogP contribution in [-0.2, 0) is 12.0 Å². The third kappa shape index (κ3) is 3.75. The molecular weight excluding hydrogens is 380 g/mol. The number of hydrogen-bond acceptors (Lipinski definition) is 6. The molecule has 142 valence electrons. The van der Waals surface area contributed by atoms with Gasteiger partial charge in [-0.2, -0.15) is 11.8 Å². The van der Waals surface area contributed by atoms with Gasteiger partial charge in [0, 0.05) is 35.0 Å².